The van der Waals surface area contributed by atoms with Crippen LogP contribution in [0.15, 0.2) is 0 Å². The van der Waals surface area contributed by atoms with Gasteiger partial charge in [0.15, 0.2) is 9.76 Å². The fourth-order valence-corrected chi connectivity index (χ4v) is 0.942. The minimum absolute atomic E-state index is 0.170. The summed E-state index contributed by atoms with van der Waals surface area (Å²) in [6.45, 7) is 3.85. The number of hydrogen-bond donors (Lipinski definition) is 0. The molecular formula is C5H14O2Si. The second kappa shape index (κ2) is 7.14. The van der Waals surface area contributed by atoms with Crippen molar-refractivity contribution >= 4 is 9.76 Å². The zero-order valence-corrected chi connectivity index (χ0v) is 7.06. The number of methoxy groups -OCH3 is 1. The highest BCUT2D eigenvalue weighted by Gasteiger charge is 1.82. The van der Waals surface area contributed by atoms with E-state index in [4.69, 9.17) is 9.16 Å². The lowest BCUT2D eigenvalue weighted by Crippen LogP contribution is -1.99. The summed E-state index contributed by atoms with van der Waals surface area (Å²) >= 11 is 0. The number of ether oxygens (including phenoxy) is 1. The number of hydrogen-bond acceptors (Lipinski definition) is 2. The third-order valence-corrected chi connectivity index (χ3v) is 1.54. The van der Waals surface area contributed by atoms with Crippen LogP contribution in [0.4, 0.5) is 0 Å². The van der Waals surface area contributed by atoms with Gasteiger partial charge in [-0.2, -0.15) is 0 Å². The van der Waals surface area contributed by atoms with Crippen LogP contribution >= 0.6 is 0 Å². The van der Waals surface area contributed by atoms with Gasteiger partial charge in [-0.15, -0.1) is 0 Å². The van der Waals surface area contributed by atoms with E-state index in [2.05, 4.69) is 6.55 Å². The fraction of sp³-hybridized carbons (Fsp3) is 1.00. The maximum atomic E-state index is 5.19. The Labute approximate surface area is 53.1 Å². The standard InChI is InChI=1S/C5H14O2Si/c1-6-4-3-5-7-8-2/h3-5,8H2,1-2H3. The van der Waals surface area contributed by atoms with Crippen LogP contribution in [0.5, 0.6) is 0 Å². The Morgan fingerprint density at radius 1 is 1.38 bits per heavy atom. The van der Waals surface area contributed by atoms with Gasteiger partial charge in [-0.3, -0.25) is 0 Å². The summed E-state index contributed by atoms with van der Waals surface area (Å²) in [6, 6.07) is 0. The highest BCUT2D eigenvalue weighted by atomic mass is 28.2. The van der Waals surface area contributed by atoms with Gasteiger partial charge in [0.2, 0.25) is 0 Å². The average Bonchev–Trinajstić information content (AvgIpc) is 1.81. The zero-order valence-electron chi connectivity index (χ0n) is 5.64. The van der Waals surface area contributed by atoms with E-state index in [1.54, 1.807) is 7.11 Å². The molecule has 0 saturated heterocycles. The van der Waals surface area contributed by atoms with E-state index in [1.807, 2.05) is 0 Å². The largest absolute Gasteiger partial charge is 0.424 e. The topological polar surface area (TPSA) is 18.5 Å². The molecule has 0 aliphatic heterocycles. The van der Waals surface area contributed by atoms with Crippen LogP contribution in [0, 0.1) is 0 Å². The van der Waals surface area contributed by atoms with E-state index in [-0.39, 0.29) is 9.76 Å². The monoisotopic (exact) mass is 134 g/mol. The molecule has 0 saturated carbocycles. The lowest BCUT2D eigenvalue weighted by atomic mass is 10.5. The molecule has 0 unspecified atom stereocenters. The molecule has 0 aromatic rings. The first-order valence-electron chi connectivity index (χ1n) is 2.98. The van der Waals surface area contributed by atoms with E-state index >= 15 is 0 Å². The van der Waals surface area contributed by atoms with E-state index < -0.39 is 0 Å². The van der Waals surface area contributed by atoms with Crippen LogP contribution in [0.2, 0.25) is 6.55 Å². The summed E-state index contributed by atoms with van der Waals surface area (Å²) < 4.78 is 10.0. The van der Waals surface area contributed by atoms with Gasteiger partial charge in [0.1, 0.15) is 0 Å². The highest BCUT2D eigenvalue weighted by molar-refractivity contribution is 6.24. The molecule has 2 nitrogen and oxygen atoms in total. The van der Waals surface area contributed by atoms with Gasteiger partial charge in [0.25, 0.3) is 0 Å². The average molecular weight is 134 g/mol. The van der Waals surface area contributed by atoms with Crippen molar-refractivity contribution in [2.24, 2.45) is 0 Å². The van der Waals surface area contributed by atoms with Crippen molar-refractivity contribution in [1.82, 2.24) is 0 Å². The Kier molecular flexibility index (Phi) is 7.26. The Balaban J connectivity index is 2.53. The molecule has 8 heavy (non-hydrogen) atoms. The Morgan fingerprint density at radius 3 is 2.62 bits per heavy atom. The maximum absolute atomic E-state index is 5.19. The first-order chi connectivity index (χ1) is 3.91. The van der Waals surface area contributed by atoms with Crippen LogP contribution in [0.3, 0.4) is 0 Å². The van der Waals surface area contributed by atoms with Gasteiger partial charge in [0.05, 0.1) is 0 Å². The lowest BCUT2D eigenvalue weighted by Gasteiger charge is -1.97. The van der Waals surface area contributed by atoms with Crippen molar-refractivity contribution in [3.8, 4) is 0 Å². The first kappa shape index (κ1) is 8.14. The van der Waals surface area contributed by atoms with Crippen molar-refractivity contribution in [3.05, 3.63) is 0 Å². The van der Waals surface area contributed by atoms with E-state index in [0.29, 0.717) is 0 Å². The first-order valence-corrected chi connectivity index (χ1v) is 4.97. The third kappa shape index (κ3) is 6.14. The smallest absolute Gasteiger partial charge is 0.158 e. The molecule has 0 spiro atoms. The maximum Gasteiger partial charge on any atom is 0.158 e. The molecule has 0 aliphatic rings. The van der Waals surface area contributed by atoms with Gasteiger partial charge in [-0.1, -0.05) is 6.55 Å². The Hall–Kier alpha value is 0.137. The van der Waals surface area contributed by atoms with Gasteiger partial charge < -0.3 is 9.16 Å². The van der Waals surface area contributed by atoms with Crippen LogP contribution in [0.25, 0.3) is 0 Å². The molecule has 0 fully saturated rings. The molecule has 0 radical (unpaired) electrons. The van der Waals surface area contributed by atoms with Crippen LogP contribution in [0.1, 0.15) is 6.42 Å². The number of rotatable bonds is 5. The van der Waals surface area contributed by atoms with E-state index in [1.165, 1.54) is 0 Å². The molecule has 0 rings (SSSR count). The summed E-state index contributed by atoms with van der Waals surface area (Å²) in [5.74, 6) is 0. The summed E-state index contributed by atoms with van der Waals surface area (Å²) in [7, 11) is 1.54. The van der Waals surface area contributed by atoms with Gasteiger partial charge in [-0.25, -0.2) is 0 Å². The molecule has 0 bridgehead atoms. The molecule has 0 N–H and O–H groups in total. The van der Waals surface area contributed by atoms with Crippen molar-refractivity contribution in [1.29, 1.82) is 0 Å². The van der Waals surface area contributed by atoms with Crippen molar-refractivity contribution < 1.29 is 9.16 Å². The molecular weight excluding hydrogens is 120 g/mol. The molecule has 0 aromatic carbocycles. The molecule has 0 amide bonds. The molecule has 0 heterocycles. The molecule has 0 aromatic heterocycles. The second-order valence-electron chi connectivity index (χ2n) is 1.54. The summed E-state index contributed by atoms with van der Waals surface area (Å²) in [6.07, 6.45) is 1.04. The van der Waals surface area contributed by atoms with Crippen molar-refractivity contribution in [3.63, 3.8) is 0 Å². The van der Waals surface area contributed by atoms with Crippen molar-refractivity contribution in [2.45, 2.75) is 13.0 Å². The molecule has 0 atom stereocenters. The molecule has 50 valence electrons. The predicted octanol–water partition coefficient (Wildman–Crippen LogP) is 0.171. The SMILES string of the molecule is COCCCO[SiH2]C. The van der Waals surface area contributed by atoms with Gasteiger partial charge in [0, 0.05) is 20.3 Å². The summed E-state index contributed by atoms with van der Waals surface area (Å²) in [5, 5.41) is 0. The zero-order chi connectivity index (χ0) is 6.24. The van der Waals surface area contributed by atoms with Crippen LogP contribution in [-0.2, 0) is 9.16 Å². The lowest BCUT2D eigenvalue weighted by molar-refractivity contribution is 0.174. The van der Waals surface area contributed by atoms with Crippen molar-refractivity contribution in [2.75, 3.05) is 20.3 Å². The normalized spacial score (nSPS) is 11.2. The van der Waals surface area contributed by atoms with Gasteiger partial charge >= 0.3 is 0 Å². The predicted molar refractivity (Wildman–Crippen MR) is 36.9 cm³/mol. The second-order valence-corrected chi connectivity index (χ2v) is 2.53. The van der Waals surface area contributed by atoms with E-state index in [0.717, 1.165) is 19.6 Å². The summed E-state index contributed by atoms with van der Waals surface area (Å²) in [4.78, 5) is 0. The highest BCUT2D eigenvalue weighted by Crippen LogP contribution is 1.80. The minimum atomic E-state index is -0.170. The third-order valence-electron chi connectivity index (χ3n) is 0.841. The van der Waals surface area contributed by atoms with E-state index in [9.17, 15) is 0 Å². The minimum Gasteiger partial charge on any atom is -0.424 e. The molecule has 3 heteroatoms. The molecule has 0 aliphatic carbocycles. The fourth-order valence-electron chi connectivity index (χ4n) is 0.450. The van der Waals surface area contributed by atoms with Gasteiger partial charge in [-0.05, 0) is 6.42 Å². The Bertz CT molecular complexity index is 35.4. The Morgan fingerprint density at radius 2 is 2.12 bits per heavy atom. The summed E-state index contributed by atoms with van der Waals surface area (Å²) in [5.41, 5.74) is 0. The van der Waals surface area contributed by atoms with Crippen LogP contribution in [-0.4, -0.2) is 30.1 Å². The van der Waals surface area contributed by atoms with Crippen LogP contribution < -0.4 is 0 Å². The quantitative estimate of drug-likeness (QED) is 0.394.